The minimum Gasteiger partial charge on any atom is -0.481 e. The van der Waals surface area contributed by atoms with Gasteiger partial charge in [0.2, 0.25) is 0 Å². The van der Waals surface area contributed by atoms with Gasteiger partial charge in [0.1, 0.15) is 17.8 Å². The molecule has 10 atom stereocenters. The maximum Gasteiger partial charge on any atom is 0.315 e. The van der Waals surface area contributed by atoms with Crippen molar-refractivity contribution in [3.8, 4) is 0 Å². The summed E-state index contributed by atoms with van der Waals surface area (Å²) in [4.78, 5) is 29.0. The number of hydrogen-bond donors (Lipinski definition) is 1. The minimum atomic E-state index is -1.26. The topological polar surface area (TPSA) is 85.3 Å². The number of aldehydes is 1. The van der Waals surface area contributed by atoms with Gasteiger partial charge < -0.3 is 24.1 Å². The summed E-state index contributed by atoms with van der Waals surface area (Å²) in [7, 11) is 1.64. The highest BCUT2D eigenvalue weighted by Gasteiger charge is 2.84. The Kier molecular flexibility index (Phi) is 7.43. The van der Waals surface area contributed by atoms with Gasteiger partial charge in [-0.3, -0.25) is 9.69 Å². The monoisotopic (exact) mass is 549 g/mol. The Hall–Kier alpha value is -1.25. The Morgan fingerprint density at radius 2 is 2.05 bits per heavy atom. The van der Waals surface area contributed by atoms with E-state index in [9.17, 15) is 14.7 Å². The van der Waals surface area contributed by atoms with Crippen LogP contribution in [0.25, 0.3) is 0 Å². The van der Waals surface area contributed by atoms with Crippen molar-refractivity contribution in [2.45, 2.75) is 71.9 Å². The fourth-order valence-electron chi connectivity index (χ4n) is 9.71. The molecule has 38 heavy (non-hydrogen) atoms. The molecule has 0 radical (unpaired) electrons. The average Bonchev–Trinajstić information content (AvgIpc) is 3.37. The molecule has 212 valence electrons. The molecule has 1 heterocycles. The largest absolute Gasteiger partial charge is 0.481 e. The molecule has 1 saturated heterocycles. The Labute approximate surface area is 231 Å². The van der Waals surface area contributed by atoms with Crippen LogP contribution in [0.1, 0.15) is 53.4 Å². The maximum absolute atomic E-state index is 13.6. The predicted octanol–water partition coefficient (Wildman–Crippen LogP) is 4.74. The number of nitrogens with zero attached hydrogens (tertiary/aromatic N) is 1. The average molecular weight is 550 g/mol. The highest BCUT2D eigenvalue weighted by atomic mass is 35.5. The molecule has 4 aliphatic carbocycles. The molecule has 0 spiro atoms. The Morgan fingerprint density at radius 1 is 1.32 bits per heavy atom. The number of carboxylic acid groups (broad SMARTS) is 1. The lowest BCUT2D eigenvalue weighted by Gasteiger charge is -2.58. The zero-order chi connectivity index (χ0) is 27.6. The van der Waals surface area contributed by atoms with E-state index in [4.69, 9.17) is 25.8 Å². The zero-order valence-corrected chi connectivity index (χ0v) is 24.2. The standard InChI is InChI=1S/C30H44ClNO6/c1-17(2)24-9-21-10-28(15-33)23-8-7-18(3)22(23)11-29(21,30(24,28)27(34)35)16-37-26-25(36-6)14-32(12-19(4)31)13-20(5)38-26/h9,15,17-18,20-23,25-26H,4,7-8,10-14,16H2,1-3,5-6H3,(H,34,35)/t18-,20-,21?,22-,23-,25+,26-,28?,29?,30+/m1/s1. The van der Waals surface area contributed by atoms with Gasteiger partial charge in [0.05, 0.1) is 18.1 Å². The van der Waals surface area contributed by atoms with Crippen molar-refractivity contribution in [2.75, 3.05) is 33.4 Å². The van der Waals surface area contributed by atoms with Crippen molar-refractivity contribution in [1.29, 1.82) is 0 Å². The predicted molar refractivity (Wildman–Crippen MR) is 145 cm³/mol. The van der Waals surface area contributed by atoms with Gasteiger partial charge in [-0.2, -0.15) is 0 Å². The van der Waals surface area contributed by atoms with Crippen LogP contribution in [0.3, 0.4) is 0 Å². The number of methoxy groups -OCH3 is 1. The molecule has 1 aliphatic heterocycles. The van der Waals surface area contributed by atoms with Crippen LogP contribution in [-0.2, 0) is 23.8 Å². The molecule has 4 fully saturated rings. The Morgan fingerprint density at radius 3 is 2.66 bits per heavy atom. The van der Waals surface area contributed by atoms with Gasteiger partial charge in [-0.25, -0.2) is 0 Å². The SMILES string of the molecule is C=C(Cl)CN1C[C@@H](C)O[C@@H](OCC23C[C@@H]4[C@H](C)CC[C@H]4C4(C=O)CC2C=C(C(C)C)[C@@]34C(=O)O)[C@@H](OC)C1. The van der Waals surface area contributed by atoms with E-state index in [1.807, 2.05) is 6.92 Å². The number of carboxylic acids is 1. The highest BCUT2D eigenvalue weighted by molar-refractivity contribution is 6.29. The Balaban J connectivity index is 1.53. The smallest absolute Gasteiger partial charge is 0.315 e. The van der Waals surface area contributed by atoms with E-state index >= 15 is 0 Å². The number of hydrogen-bond acceptors (Lipinski definition) is 6. The van der Waals surface area contributed by atoms with Crippen molar-refractivity contribution in [2.24, 2.45) is 45.8 Å². The normalized spacial score (nSPS) is 46.1. The molecule has 0 aromatic rings. The quantitative estimate of drug-likeness (QED) is 0.328. The van der Waals surface area contributed by atoms with Crippen molar-refractivity contribution < 1.29 is 28.9 Å². The molecular weight excluding hydrogens is 506 g/mol. The molecule has 5 aliphatic rings. The molecule has 0 aromatic heterocycles. The minimum absolute atomic E-state index is 0.0146. The van der Waals surface area contributed by atoms with E-state index in [0.717, 1.165) is 31.1 Å². The van der Waals surface area contributed by atoms with Gasteiger partial charge >= 0.3 is 5.97 Å². The summed E-state index contributed by atoms with van der Waals surface area (Å²) in [6.07, 6.45) is 5.41. The van der Waals surface area contributed by atoms with Crippen LogP contribution in [0.4, 0.5) is 0 Å². The van der Waals surface area contributed by atoms with E-state index in [0.29, 0.717) is 42.9 Å². The summed E-state index contributed by atoms with van der Waals surface area (Å²) in [5.41, 5.74) is -1.93. The van der Waals surface area contributed by atoms with Crippen LogP contribution >= 0.6 is 11.6 Å². The van der Waals surface area contributed by atoms with Gasteiger partial charge in [-0.1, -0.05) is 57.0 Å². The third-order valence-corrected chi connectivity index (χ3v) is 11.1. The van der Waals surface area contributed by atoms with Crippen LogP contribution in [0.15, 0.2) is 23.3 Å². The molecule has 5 rings (SSSR count). The van der Waals surface area contributed by atoms with E-state index in [-0.39, 0.29) is 36.6 Å². The zero-order valence-electron chi connectivity index (χ0n) is 23.5. The summed E-state index contributed by atoms with van der Waals surface area (Å²) in [5, 5.41) is 11.7. The molecule has 0 amide bonds. The molecule has 3 saturated carbocycles. The summed E-state index contributed by atoms with van der Waals surface area (Å²) in [6.45, 7) is 14.2. The first kappa shape index (κ1) is 28.3. The first-order chi connectivity index (χ1) is 18.0. The second kappa shape index (κ2) is 9.99. The van der Waals surface area contributed by atoms with E-state index in [1.165, 1.54) is 0 Å². The summed E-state index contributed by atoms with van der Waals surface area (Å²) in [6, 6.07) is 0. The fraction of sp³-hybridized carbons (Fsp3) is 0.800. The lowest BCUT2D eigenvalue weighted by atomic mass is 9.43. The summed E-state index contributed by atoms with van der Waals surface area (Å²) >= 11 is 6.11. The number of carbonyl (C=O) groups is 2. The van der Waals surface area contributed by atoms with Gasteiger partial charge in [-0.15, -0.1) is 0 Å². The number of rotatable bonds is 9. The molecule has 7 nitrogen and oxygen atoms in total. The second-order valence-corrected chi connectivity index (χ2v) is 13.6. The lowest BCUT2D eigenvalue weighted by molar-refractivity contribution is -0.238. The molecule has 4 bridgehead atoms. The number of ether oxygens (including phenoxy) is 3. The molecule has 8 heteroatoms. The summed E-state index contributed by atoms with van der Waals surface area (Å²) < 4.78 is 18.8. The van der Waals surface area contributed by atoms with Crippen LogP contribution < -0.4 is 0 Å². The number of carbonyl (C=O) groups excluding carboxylic acids is 1. The van der Waals surface area contributed by atoms with E-state index in [1.54, 1.807) is 7.11 Å². The first-order valence-electron chi connectivity index (χ1n) is 14.2. The highest BCUT2D eigenvalue weighted by Crippen LogP contribution is 2.82. The lowest BCUT2D eigenvalue weighted by Crippen LogP contribution is -2.63. The van der Waals surface area contributed by atoms with Crippen molar-refractivity contribution in [3.05, 3.63) is 23.3 Å². The van der Waals surface area contributed by atoms with Crippen LogP contribution in [-0.4, -0.2) is 74.1 Å². The molecule has 1 N–H and O–H groups in total. The number of allylic oxidation sites excluding steroid dienone is 1. The molecule has 3 unspecified atom stereocenters. The third kappa shape index (κ3) is 3.75. The molecular formula is C30H44ClNO6. The first-order valence-corrected chi connectivity index (χ1v) is 14.6. The van der Waals surface area contributed by atoms with Crippen LogP contribution in [0.5, 0.6) is 0 Å². The van der Waals surface area contributed by atoms with Crippen molar-refractivity contribution in [3.63, 3.8) is 0 Å². The van der Waals surface area contributed by atoms with Crippen molar-refractivity contribution in [1.82, 2.24) is 4.90 Å². The number of aliphatic carboxylic acids is 1. The second-order valence-electron chi connectivity index (χ2n) is 13.1. The fourth-order valence-corrected chi connectivity index (χ4v) is 9.88. The number of halogens is 1. The van der Waals surface area contributed by atoms with E-state index < -0.39 is 28.5 Å². The van der Waals surface area contributed by atoms with Gasteiger partial charge in [0, 0.05) is 37.2 Å². The van der Waals surface area contributed by atoms with Crippen LogP contribution in [0.2, 0.25) is 0 Å². The molecule has 0 aromatic carbocycles. The summed E-state index contributed by atoms with van der Waals surface area (Å²) in [5.74, 6) is 0.0329. The van der Waals surface area contributed by atoms with Crippen molar-refractivity contribution >= 4 is 23.9 Å². The van der Waals surface area contributed by atoms with Gasteiger partial charge in [-0.05, 0) is 55.8 Å². The third-order valence-electron chi connectivity index (χ3n) is 10.9. The van der Waals surface area contributed by atoms with E-state index in [2.05, 4.69) is 38.3 Å². The Bertz CT molecular complexity index is 1010. The van der Waals surface area contributed by atoms with Gasteiger partial charge in [0.25, 0.3) is 0 Å². The van der Waals surface area contributed by atoms with Crippen LogP contribution in [0, 0.1) is 45.8 Å². The number of fused-ring (bicyclic) bond motifs is 2. The maximum atomic E-state index is 13.6. The van der Waals surface area contributed by atoms with Gasteiger partial charge in [0.15, 0.2) is 6.29 Å².